The van der Waals surface area contributed by atoms with Gasteiger partial charge in [-0.2, -0.15) is 18.2 Å². The second-order valence-corrected chi connectivity index (χ2v) is 5.47. The number of ether oxygens (including phenoxy) is 1. The highest BCUT2D eigenvalue weighted by molar-refractivity contribution is 5.08. The van der Waals surface area contributed by atoms with Crippen molar-refractivity contribution in [3.8, 4) is 6.01 Å². The van der Waals surface area contributed by atoms with Gasteiger partial charge >= 0.3 is 12.2 Å². The van der Waals surface area contributed by atoms with Gasteiger partial charge in [0.25, 0.3) is 0 Å². The molecule has 0 amide bonds. The molecule has 2 aliphatic rings. The Morgan fingerprint density at radius 3 is 2.74 bits per heavy atom. The van der Waals surface area contributed by atoms with Gasteiger partial charge in [0.05, 0.1) is 6.61 Å². The van der Waals surface area contributed by atoms with Gasteiger partial charge in [0.1, 0.15) is 0 Å². The van der Waals surface area contributed by atoms with Gasteiger partial charge in [-0.15, -0.1) is 0 Å². The Kier molecular flexibility index (Phi) is 3.11. The first-order valence-corrected chi connectivity index (χ1v) is 6.55. The van der Waals surface area contributed by atoms with Crippen molar-refractivity contribution in [2.45, 2.75) is 31.9 Å². The van der Waals surface area contributed by atoms with Crippen LogP contribution in [0.25, 0.3) is 0 Å². The van der Waals surface area contributed by atoms with Crippen LogP contribution in [0.4, 0.5) is 13.2 Å². The van der Waals surface area contributed by atoms with E-state index in [4.69, 9.17) is 4.74 Å². The molecule has 0 saturated heterocycles. The molecule has 3 nitrogen and oxygen atoms in total. The van der Waals surface area contributed by atoms with Crippen molar-refractivity contribution in [3.63, 3.8) is 0 Å². The zero-order valence-electron chi connectivity index (χ0n) is 10.4. The predicted molar refractivity (Wildman–Crippen MR) is 61.5 cm³/mol. The number of aromatic nitrogens is 2. The lowest BCUT2D eigenvalue weighted by atomic mass is 9.90. The molecule has 0 aromatic carbocycles. The summed E-state index contributed by atoms with van der Waals surface area (Å²) < 4.78 is 42.8. The van der Waals surface area contributed by atoms with Crippen molar-refractivity contribution in [3.05, 3.63) is 18.0 Å². The lowest BCUT2D eigenvalue weighted by Crippen LogP contribution is -2.19. The Bertz CT molecular complexity index is 463. The number of alkyl halides is 3. The van der Waals surface area contributed by atoms with E-state index in [0.717, 1.165) is 24.6 Å². The van der Waals surface area contributed by atoms with Crippen molar-refractivity contribution in [1.82, 2.24) is 9.97 Å². The van der Waals surface area contributed by atoms with Crippen molar-refractivity contribution in [1.29, 1.82) is 0 Å². The van der Waals surface area contributed by atoms with Crippen LogP contribution in [0, 0.1) is 17.8 Å². The molecule has 0 radical (unpaired) electrons. The van der Waals surface area contributed by atoms with Crippen LogP contribution < -0.4 is 4.74 Å². The average molecular weight is 272 g/mol. The van der Waals surface area contributed by atoms with Crippen LogP contribution in [0.1, 0.15) is 31.4 Å². The summed E-state index contributed by atoms with van der Waals surface area (Å²) in [4.78, 5) is 7.15. The Balaban J connectivity index is 1.61. The van der Waals surface area contributed by atoms with Gasteiger partial charge in [-0.25, -0.2) is 4.98 Å². The number of rotatable bonds is 3. The highest BCUT2D eigenvalue weighted by atomic mass is 19.4. The fourth-order valence-corrected chi connectivity index (χ4v) is 3.33. The van der Waals surface area contributed by atoms with Crippen LogP contribution in [-0.4, -0.2) is 16.6 Å². The summed E-state index contributed by atoms with van der Waals surface area (Å²) in [7, 11) is 0. The molecule has 0 N–H and O–H groups in total. The third kappa shape index (κ3) is 2.67. The van der Waals surface area contributed by atoms with Crippen LogP contribution >= 0.6 is 0 Å². The van der Waals surface area contributed by atoms with Gasteiger partial charge in [0.2, 0.25) is 0 Å². The molecule has 0 aliphatic heterocycles. The standard InChI is InChI=1S/C13H15F3N2O/c14-13(15,16)11-3-4-17-12(18-11)19-7-10-6-8-1-2-9(10)5-8/h3-4,8-10H,1-2,5-7H2. The highest BCUT2D eigenvalue weighted by Crippen LogP contribution is 2.48. The molecule has 1 aromatic heterocycles. The Morgan fingerprint density at radius 2 is 2.11 bits per heavy atom. The van der Waals surface area contributed by atoms with E-state index in [0.29, 0.717) is 18.4 Å². The van der Waals surface area contributed by atoms with Crippen molar-refractivity contribution < 1.29 is 17.9 Å². The SMILES string of the molecule is FC(F)(F)c1ccnc(OCC2CC3CCC2C3)n1. The normalized spacial score (nSPS) is 29.7. The first-order chi connectivity index (χ1) is 9.02. The van der Waals surface area contributed by atoms with E-state index >= 15 is 0 Å². The Labute approximate surface area is 109 Å². The van der Waals surface area contributed by atoms with Gasteiger partial charge in [-0.3, -0.25) is 0 Å². The largest absolute Gasteiger partial charge is 0.463 e. The average Bonchev–Trinajstić information content (AvgIpc) is 2.98. The minimum atomic E-state index is -4.45. The molecule has 19 heavy (non-hydrogen) atoms. The maximum Gasteiger partial charge on any atom is 0.433 e. The van der Waals surface area contributed by atoms with E-state index in [1.165, 1.54) is 19.3 Å². The second-order valence-electron chi connectivity index (χ2n) is 5.47. The number of fused-ring (bicyclic) bond motifs is 2. The summed E-state index contributed by atoms with van der Waals surface area (Å²) in [5.74, 6) is 1.92. The van der Waals surface area contributed by atoms with Gasteiger partial charge in [-0.1, -0.05) is 6.42 Å². The van der Waals surface area contributed by atoms with E-state index in [9.17, 15) is 13.2 Å². The van der Waals surface area contributed by atoms with E-state index in [1.807, 2.05) is 0 Å². The van der Waals surface area contributed by atoms with Crippen molar-refractivity contribution in [2.24, 2.45) is 17.8 Å². The lowest BCUT2D eigenvalue weighted by molar-refractivity contribution is -0.141. The third-order valence-corrected chi connectivity index (χ3v) is 4.23. The molecule has 104 valence electrons. The fraction of sp³-hybridized carbons (Fsp3) is 0.692. The Hall–Kier alpha value is -1.33. The van der Waals surface area contributed by atoms with Crippen molar-refractivity contribution in [2.75, 3.05) is 6.61 Å². The molecule has 2 bridgehead atoms. The highest BCUT2D eigenvalue weighted by Gasteiger charge is 2.40. The zero-order chi connectivity index (χ0) is 13.5. The molecule has 2 fully saturated rings. The molecule has 2 saturated carbocycles. The molecule has 2 aliphatic carbocycles. The minimum absolute atomic E-state index is 0.169. The first-order valence-electron chi connectivity index (χ1n) is 6.55. The molecule has 3 atom stereocenters. The van der Waals surface area contributed by atoms with Gasteiger partial charge in [-0.05, 0) is 43.1 Å². The number of hydrogen-bond donors (Lipinski definition) is 0. The number of halogens is 3. The van der Waals surface area contributed by atoms with Gasteiger partial charge in [0, 0.05) is 6.20 Å². The summed E-state index contributed by atoms with van der Waals surface area (Å²) in [6.07, 6.45) is 1.53. The fourth-order valence-electron chi connectivity index (χ4n) is 3.33. The maximum atomic E-state index is 12.5. The van der Waals surface area contributed by atoms with Crippen LogP contribution in [0.2, 0.25) is 0 Å². The summed E-state index contributed by atoms with van der Waals surface area (Å²) >= 11 is 0. The predicted octanol–water partition coefficient (Wildman–Crippen LogP) is 3.31. The van der Waals surface area contributed by atoms with Crippen LogP contribution in [0.3, 0.4) is 0 Å². The van der Waals surface area contributed by atoms with Gasteiger partial charge in [0.15, 0.2) is 5.69 Å². The molecular weight excluding hydrogens is 257 g/mol. The molecule has 3 unspecified atom stereocenters. The Morgan fingerprint density at radius 1 is 1.26 bits per heavy atom. The maximum absolute atomic E-state index is 12.5. The topological polar surface area (TPSA) is 35.0 Å². The van der Waals surface area contributed by atoms with E-state index < -0.39 is 11.9 Å². The third-order valence-electron chi connectivity index (χ3n) is 4.23. The van der Waals surface area contributed by atoms with E-state index in [-0.39, 0.29) is 6.01 Å². The molecule has 1 heterocycles. The molecular formula is C13H15F3N2O. The minimum Gasteiger partial charge on any atom is -0.463 e. The summed E-state index contributed by atoms with van der Waals surface area (Å²) in [6.45, 7) is 0.433. The van der Waals surface area contributed by atoms with Crippen LogP contribution in [0.15, 0.2) is 12.3 Å². The van der Waals surface area contributed by atoms with E-state index in [2.05, 4.69) is 9.97 Å². The quantitative estimate of drug-likeness (QED) is 0.846. The molecule has 3 rings (SSSR count). The zero-order valence-corrected chi connectivity index (χ0v) is 10.4. The van der Waals surface area contributed by atoms with Gasteiger partial charge < -0.3 is 4.74 Å². The smallest absolute Gasteiger partial charge is 0.433 e. The van der Waals surface area contributed by atoms with Crippen LogP contribution in [-0.2, 0) is 6.18 Å². The first kappa shape index (κ1) is 12.7. The lowest BCUT2D eigenvalue weighted by Gasteiger charge is -2.21. The second kappa shape index (κ2) is 4.65. The molecule has 6 heteroatoms. The summed E-state index contributed by atoms with van der Waals surface area (Å²) in [5, 5.41) is 0. The van der Waals surface area contributed by atoms with Crippen molar-refractivity contribution >= 4 is 0 Å². The summed E-state index contributed by atoms with van der Waals surface area (Å²) in [5.41, 5.74) is -0.953. The molecule has 0 spiro atoms. The summed E-state index contributed by atoms with van der Waals surface area (Å²) in [6, 6.07) is 0.683. The van der Waals surface area contributed by atoms with E-state index in [1.54, 1.807) is 0 Å². The van der Waals surface area contributed by atoms with Crippen LogP contribution in [0.5, 0.6) is 6.01 Å². The molecule has 1 aromatic rings. The number of nitrogens with zero attached hydrogens (tertiary/aromatic N) is 2. The number of hydrogen-bond acceptors (Lipinski definition) is 3. The monoisotopic (exact) mass is 272 g/mol.